The van der Waals surface area contributed by atoms with Crippen LogP contribution in [0.25, 0.3) is 0 Å². The predicted octanol–water partition coefficient (Wildman–Crippen LogP) is 1.71. The number of hydrogen-bond acceptors (Lipinski definition) is 4. The van der Waals surface area contributed by atoms with Crippen LogP contribution in [0.2, 0.25) is 0 Å². The van der Waals surface area contributed by atoms with Gasteiger partial charge in [-0.2, -0.15) is 0 Å². The van der Waals surface area contributed by atoms with Crippen LogP contribution in [0.4, 0.5) is 0 Å². The maximum Gasteiger partial charge on any atom is 0.323 e. The van der Waals surface area contributed by atoms with E-state index in [0.717, 1.165) is 38.6 Å². The highest BCUT2D eigenvalue weighted by Crippen LogP contribution is 2.21. The van der Waals surface area contributed by atoms with Crippen LogP contribution < -0.4 is 5.32 Å². The van der Waals surface area contributed by atoms with E-state index in [-0.39, 0.29) is 30.0 Å². The molecule has 1 heterocycles. The molecule has 1 aliphatic rings. The molecule has 0 aromatic heterocycles. The van der Waals surface area contributed by atoms with Gasteiger partial charge in [0.2, 0.25) is 5.91 Å². The van der Waals surface area contributed by atoms with E-state index in [1.165, 1.54) is 7.11 Å². The summed E-state index contributed by atoms with van der Waals surface area (Å²) in [6, 6.07) is -0.359. The number of ether oxygens (including phenoxy) is 1. The van der Waals surface area contributed by atoms with Crippen molar-refractivity contribution in [2.45, 2.75) is 71.0 Å². The van der Waals surface area contributed by atoms with Gasteiger partial charge in [0.15, 0.2) is 0 Å². The lowest BCUT2D eigenvalue weighted by atomic mass is 9.99. The smallest absolute Gasteiger partial charge is 0.323 e. The zero-order valence-corrected chi connectivity index (χ0v) is 13.1. The first-order valence-electron chi connectivity index (χ1n) is 7.69. The molecule has 0 spiro atoms. The highest BCUT2D eigenvalue weighted by Gasteiger charge is 2.35. The zero-order valence-electron chi connectivity index (χ0n) is 13.1. The largest absolute Gasteiger partial charge is 0.468 e. The van der Waals surface area contributed by atoms with Gasteiger partial charge in [-0.05, 0) is 39.2 Å². The number of amides is 1. The van der Waals surface area contributed by atoms with Gasteiger partial charge in [0.1, 0.15) is 6.04 Å². The first-order chi connectivity index (χ1) is 9.54. The summed E-state index contributed by atoms with van der Waals surface area (Å²) in [5.74, 6) is -0.221. The van der Waals surface area contributed by atoms with Crippen molar-refractivity contribution in [2.24, 2.45) is 0 Å². The Kier molecular flexibility index (Phi) is 6.99. The average molecular weight is 284 g/mol. The number of hydrogen-bond donors (Lipinski definition) is 1. The maximum absolute atomic E-state index is 12.3. The minimum absolute atomic E-state index is 0.00880. The Morgan fingerprint density at radius 3 is 2.50 bits per heavy atom. The number of rotatable bonds is 6. The molecule has 5 heteroatoms. The summed E-state index contributed by atoms with van der Waals surface area (Å²) in [4.78, 5) is 26.1. The lowest BCUT2D eigenvalue weighted by Gasteiger charge is -2.37. The van der Waals surface area contributed by atoms with Gasteiger partial charge in [-0.25, -0.2) is 0 Å². The SMILES string of the molecule is CCC(CC)NC(=O)C(C)N1CCCC[C@@H]1C(=O)OC. The fourth-order valence-electron chi connectivity index (χ4n) is 2.77. The Balaban J connectivity index is 2.69. The fraction of sp³-hybridized carbons (Fsp3) is 0.867. The number of methoxy groups -OCH3 is 1. The molecule has 2 atom stereocenters. The molecule has 1 saturated heterocycles. The molecular formula is C15H28N2O3. The third-order valence-corrected chi connectivity index (χ3v) is 4.23. The second-order valence-corrected chi connectivity index (χ2v) is 5.47. The first-order valence-corrected chi connectivity index (χ1v) is 7.69. The maximum atomic E-state index is 12.3. The molecule has 1 amide bonds. The van der Waals surface area contributed by atoms with Crippen molar-refractivity contribution < 1.29 is 14.3 Å². The molecule has 0 bridgehead atoms. The van der Waals surface area contributed by atoms with E-state index in [9.17, 15) is 9.59 Å². The Labute approximate surface area is 122 Å². The molecule has 0 aromatic carbocycles. The Morgan fingerprint density at radius 2 is 1.95 bits per heavy atom. The average Bonchev–Trinajstić information content (AvgIpc) is 2.50. The van der Waals surface area contributed by atoms with Gasteiger partial charge in [0.25, 0.3) is 0 Å². The van der Waals surface area contributed by atoms with Crippen molar-refractivity contribution in [3.05, 3.63) is 0 Å². The van der Waals surface area contributed by atoms with E-state index >= 15 is 0 Å². The number of likely N-dealkylation sites (tertiary alicyclic amines) is 1. The summed E-state index contributed by atoms with van der Waals surface area (Å²) < 4.78 is 4.86. The molecule has 1 aliphatic heterocycles. The standard InChI is InChI=1S/C15H28N2O3/c1-5-12(6-2)16-14(18)11(3)17-10-8-7-9-13(17)15(19)20-4/h11-13H,5-10H2,1-4H3,(H,16,18)/t11?,13-/m1/s1. The van der Waals surface area contributed by atoms with Crippen molar-refractivity contribution in [2.75, 3.05) is 13.7 Å². The van der Waals surface area contributed by atoms with Gasteiger partial charge in [0.05, 0.1) is 13.2 Å². The third-order valence-electron chi connectivity index (χ3n) is 4.23. The summed E-state index contributed by atoms with van der Waals surface area (Å²) in [5.41, 5.74) is 0. The van der Waals surface area contributed by atoms with Crippen molar-refractivity contribution in [1.82, 2.24) is 10.2 Å². The molecule has 20 heavy (non-hydrogen) atoms. The minimum atomic E-state index is -0.292. The van der Waals surface area contributed by atoms with Crippen LogP contribution in [0.1, 0.15) is 52.9 Å². The summed E-state index contributed by atoms with van der Waals surface area (Å²) >= 11 is 0. The summed E-state index contributed by atoms with van der Waals surface area (Å²) in [6.07, 6.45) is 4.66. The van der Waals surface area contributed by atoms with E-state index in [4.69, 9.17) is 4.74 Å². The number of carbonyl (C=O) groups is 2. The quantitative estimate of drug-likeness (QED) is 0.754. The van der Waals surface area contributed by atoms with Crippen LogP contribution in [0.3, 0.4) is 0 Å². The predicted molar refractivity (Wildman–Crippen MR) is 78.3 cm³/mol. The summed E-state index contributed by atoms with van der Waals surface area (Å²) in [7, 11) is 1.41. The third kappa shape index (κ3) is 4.20. The van der Waals surface area contributed by atoms with Crippen LogP contribution in [0.15, 0.2) is 0 Å². The number of piperidine rings is 1. The highest BCUT2D eigenvalue weighted by molar-refractivity contribution is 5.83. The summed E-state index contributed by atoms with van der Waals surface area (Å²) in [6.45, 7) is 6.78. The molecule has 1 unspecified atom stereocenters. The first kappa shape index (κ1) is 17.0. The molecule has 1 N–H and O–H groups in total. The van der Waals surface area contributed by atoms with Gasteiger partial charge < -0.3 is 10.1 Å². The summed E-state index contributed by atoms with van der Waals surface area (Å²) in [5, 5.41) is 3.06. The lowest BCUT2D eigenvalue weighted by Crippen LogP contribution is -2.55. The van der Waals surface area contributed by atoms with Gasteiger partial charge in [-0.15, -0.1) is 0 Å². The van der Waals surface area contributed by atoms with E-state index in [1.54, 1.807) is 0 Å². The fourth-order valence-corrected chi connectivity index (χ4v) is 2.77. The van der Waals surface area contributed by atoms with Gasteiger partial charge >= 0.3 is 5.97 Å². The molecule has 0 saturated carbocycles. The van der Waals surface area contributed by atoms with E-state index < -0.39 is 0 Å². The van der Waals surface area contributed by atoms with Crippen molar-refractivity contribution in [1.29, 1.82) is 0 Å². The number of nitrogens with zero attached hydrogens (tertiary/aromatic N) is 1. The molecule has 1 fully saturated rings. The molecule has 0 radical (unpaired) electrons. The molecule has 0 aliphatic carbocycles. The molecular weight excluding hydrogens is 256 g/mol. The number of carbonyl (C=O) groups excluding carboxylic acids is 2. The Hall–Kier alpha value is -1.10. The second kappa shape index (κ2) is 8.25. The number of nitrogens with one attached hydrogen (secondary N) is 1. The van der Waals surface area contributed by atoms with E-state index in [1.807, 2.05) is 11.8 Å². The Bertz CT molecular complexity index is 329. The van der Waals surface area contributed by atoms with Crippen LogP contribution in [-0.2, 0) is 14.3 Å². The van der Waals surface area contributed by atoms with Crippen molar-refractivity contribution in [3.63, 3.8) is 0 Å². The molecule has 116 valence electrons. The monoisotopic (exact) mass is 284 g/mol. The topological polar surface area (TPSA) is 58.6 Å². The van der Waals surface area contributed by atoms with Gasteiger partial charge in [-0.3, -0.25) is 14.5 Å². The lowest BCUT2D eigenvalue weighted by molar-refractivity contribution is -0.150. The minimum Gasteiger partial charge on any atom is -0.468 e. The highest BCUT2D eigenvalue weighted by atomic mass is 16.5. The molecule has 0 aromatic rings. The van der Waals surface area contributed by atoms with Crippen LogP contribution in [0, 0.1) is 0 Å². The zero-order chi connectivity index (χ0) is 15.1. The van der Waals surface area contributed by atoms with Crippen LogP contribution in [-0.4, -0.2) is 48.6 Å². The van der Waals surface area contributed by atoms with Crippen LogP contribution >= 0.6 is 0 Å². The normalized spacial score (nSPS) is 21.6. The van der Waals surface area contributed by atoms with Crippen molar-refractivity contribution >= 4 is 11.9 Å². The van der Waals surface area contributed by atoms with Gasteiger partial charge in [-0.1, -0.05) is 20.3 Å². The van der Waals surface area contributed by atoms with E-state index in [0.29, 0.717) is 0 Å². The second-order valence-electron chi connectivity index (χ2n) is 5.47. The van der Waals surface area contributed by atoms with Crippen molar-refractivity contribution in [3.8, 4) is 0 Å². The molecule has 5 nitrogen and oxygen atoms in total. The van der Waals surface area contributed by atoms with Crippen LogP contribution in [0.5, 0.6) is 0 Å². The van der Waals surface area contributed by atoms with E-state index in [2.05, 4.69) is 19.2 Å². The Morgan fingerprint density at radius 1 is 1.30 bits per heavy atom. The van der Waals surface area contributed by atoms with Gasteiger partial charge in [0, 0.05) is 6.04 Å². The number of esters is 1. The molecule has 1 rings (SSSR count).